The molecule has 21 heavy (non-hydrogen) atoms. The maximum atomic E-state index is 10.1. The Balaban J connectivity index is 1.88. The van der Waals surface area contributed by atoms with Crippen molar-refractivity contribution in [3.8, 4) is 11.8 Å². The van der Waals surface area contributed by atoms with Gasteiger partial charge in [0.1, 0.15) is 18.5 Å². The lowest BCUT2D eigenvalue weighted by Crippen LogP contribution is -2.38. The molecule has 0 radical (unpaired) electrons. The number of fused-ring (bicyclic) bond motifs is 1. The largest absolute Gasteiger partial charge is 0.490 e. The SMILES string of the molecule is CC(CC#N)N(C)CC(O)COc1cccc2[nH]ccc12. The van der Waals surface area contributed by atoms with E-state index in [1.54, 1.807) is 0 Å². The van der Waals surface area contributed by atoms with Crippen LogP contribution in [0.3, 0.4) is 0 Å². The van der Waals surface area contributed by atoms with E-state index < -0.39 is 6.10 Å². The van der Waals surface area contributed by atoms with Crippen molar-refractivity contribution in [1.29, 1.82) is 5.26 Å². The zero-order valence-corrected chi connectivity index (χ0v) is 12.4. The maximum Gasteiger partial charge on any atom is 0.128 e. The molecule has 0 saturated carbocycles. The summed E-state index contributed by atoms with van der Waals surface area (Å²) in [6.07, 6.45) is 1.73. The van der Waals surface area contributed by atoms with Gasteiger partial charge in [0.25, 0.3) is 0 Å². The Morgan fingerprint density at radius 3 is 3.00 bits per heavy atom. The molecule has 112 valence electrons. The second-order valence-electron chi connectivity index (χ2n) is 5.31. The average molecular weight is 287 g/mol. The van der Waals surface area contributed by atoms with E-state index in [4.69, 9.17) is 10.00 Å². The number of rotatable bonds is 7. The van der Waals surface area contributed by atoms with Crippen molar-refractivity contribution >= 4 is 10.9 Å². The molecule has 2 unspecified atom stereocenters. The van der Waals surface area contributed by atoms with Crippen molar-refractivity contribution in [3.05, 3.63) is 30.5 Å². The number of aromatic nitrogens is 1. The van der Waals surface area contributed by atoms with Crippen molar-refractivity contribution in [2.75, 3.05) is 20.2 Å². The number of ether oxygens (including phenoxy) is 1. The third-order valence-corrected chi connectivity index (χ3v) is 3.62. The second kappa shape index (κ2) is 7.11. The number of H-pyrrole nitrogens is 1. The molecule has 0 aliphatic heterocycles. The van der Waals surface area contributed by atoms with Gasteiger partial charge in [0.15, 0.2) is 0 Å². The van der Waals surface area contributed by atoms with E-state index >= 15 is 0 Å². The molecular weight excluding hydrogens is 266 g/mol. The molecule has 1 heterocycles. The van der Waals surface area contributed by atoms with Crippen LogP contribution in [0.25, 0.3) is 10.9 Å². The quantitative estimate of drug-likeness (QED) is 0.818. The van der Waals surface area contributed by atoms with Crippen LogP contribution in [-0.4, -0.2) is 47.3 Å². The minimum absolute atomic E-state index is 0.123. The zero-order valence-electron chi connectivity index (χ0n) is 12.4. The first kappa shape index (κ1) is 15.4. The summed E-state index contributed by atoms with van der Waals surface area (Å²) in [4.78, 5) is 5.09. The normalized spacial score (nSPS) is 14.0. The van der Waals surface area contributed by atoms with Crippen molar-refractivity contribution < 1.29 is 9.84 Å². The van der Waals surface area contributed by atoms with Crippen LogP contribution in [0.4, 0.5) is 0 Å². The van der Waals surface area contributed by atoms with E-state index in [9.17, 15) is 5.11 Å². The van der Waals surface area contributed by atoms with Gasteiger partial charge in [-0.3, -0.25) is 4.90 Å². The third-order valence-electron chi connectivity index (χ3n) is 3.62. The summed E-state index contributed by atoms with van der Waals surface area (Å²) < 4.78 is 5.72. The molecule has 2 aromatic rings. The minimum Gasteiger partial charge on any atom is -0.490 e. The van der Waals surface area contributed by atoms with Gasteiger partial charge >= 0.3 is 0 Å². The number of hydrogen-bond donors (Lipinski definition) is 2. The second-order valence-corrected chi connectivity index (χ2v) is 5.31. The van der Waals surface area contributed by atoms with Crippen molar-refractivity contribution in [2.45, 2.75) is 25.5 Å². The van der Waals surface area contributed by atoms with Crippen molar-refractivity contribution in [3.63, 3.8) is 0 Å². The Labute approximate surface area is 124 Å². The fourth-order valence-electron chi connectivity index (χ4n) is 2.22. The van der Waals surface area contributed by atoms with Gasteiger partial charge in [-0.1, -0.05) is 6.07 Å². The predicted molar refractivity (Wildman–Crippen MR) is 82.1 cm³/mol. The molecule has 0 spiro atoms. The molecule has 2 atom stereocenters. The van der Waals surface area contributed by atoms with Crippen LogP contribution in [0, 0.1) is 11.3 Å². The smallest absolute Gasteiger partial charge is 0.128 e. The highest BCUT2D eigenvalue weighted by Gasteiger charge is 2.14. The molecule has 2 N–H and O–H groups in total. The molecule has 0 aliphatic carbocycles. The number of nitrogens with zero attached hydrogens (tertiary/aromatic N) is 2. The van der Waals surface area contributed by atoms with E-state index in [1.807, 2.05) is 49.3 Å². The molecule has 0 amide bonds. The van der Waals surface area contributed by atoms with Crippen molar-refractivity contribution in [1.82, 2.24) is 9.88 Å². The number of hydrogen-bond acceptors (Lipinski definition) is 4. The van der Waals surface area contributed by atoms with Crippen LogP contribution in [0.5, 0.6) is 5.75 Å². The van der Waals surface area contributed by atoms with Crippen LogP contribution in [0.2, 0.25) is 0 Å². The minimum atomic E-state index is -0.592. The molecule has 1 aromatic heterocycles. The first-order valence-corrected chi connectivity index (χ1v) is 7.06. The average Bonchev–Trinajstić information content (AvgIpc) is 2.94. The Morgan fingerprint density at radius 1 is 1.43 bits per heavy atom. The lowest BCUT2D eigenvalue weighted by atomic mass is 10.2. The number of likely N-dealkylation sites (N-methyl/N-ethyl adjacent to an activating group) is 1. The Morgan fingerprint density at radius 2 is 2.24 bits per heavy atom. The van der Waals surface area contributed by atoms with E-state index in [2.05, 4.69) is 11.1 Å². The topological polar surface area (TPSA) is 72.3 Å². The van der Waals surface area contributed by atoms with Gasteiger partial charge in [-0.25, -0.2) is 0 Å². The molecule has 5 nitrogen and oxygen atoms in total. The first-order chi connectivity index (χ1) is 10.1. The van der Waals surface area contributed by atoms with Crippen LogP contribution in [0.15, 0.2) is 30.5 Å². The maximum absolute atomic E-state index is 10.1. The summed E-state index contributed by atoms with van der Waals surface area (Å²) in [6, 6.07) is 10.0. The summed E-state index contributed by atoms with van der Waals surface area (Å²) in [5, 5.41) is 19.8. The van der Waals surface area contributed by atoms with Gasteiger partial charge in [-0.15, -0.1) is 0 Å². The van der Waals surface area contributed by atoms with Crippen molar-refractivity contribution in [2.24, 2.45) is 0 Å². The van der Waals surface area contributed by atoms with Gasteiger partial charge in [-0.05, 0) is 32.2 Å². The fourth-order valence-corrected chi connectivity index (χ4v) is 2.22. The van der Waals surface area contributed by atoms with Gasteiger partial charge in [0.05, 0.1) is 12.5 Å². The Hall–Kier alpha value is -2.03. The van der Waals surface area contributed by atoms with Crippen LogP contribution >= 0.6 is 0 Å². The number of aliphatic hydroxyl groups excluding tert-OH is 1. The molecule has 0 saturated heterocycles. The highest BCUT2D eigenvalue weighted by Crippen LogP contribution is 2.24. The number of aliphatic hydroxyl groups is 1. The standard InChI is InChI=1S/C16H21N3O2/c1-12(6-8-17)19(2)10-13(20)11-21-16-5-3-4-15-14(16)7-9-18-15/h3-5,7,9,12-13,18,20H,6,10-11H2,1-2H3. The Kier molecular flexibility index (Phi) is 5.20. The number of nitrogens with one attached hydrogen (secondary N) is 1. The molecule has 1 aromatic carbocycles. The monoisotopic (exact) mass is 287 g/mol. The predicted octanol–water partition coefficient (Wildman–Crippen LogP) is 2.14. The molecule has 0 bridgehead atoms. The molecule has 2 rings (SSSR count). The fraction of sp³-hybridized carbons (Fsp3) is 0.438. The summed E-state index contributed by atoms with van der Waals surface area (Å²) in [7, 11) is 1.90. The number of aromatic amines is 1. The molecule has 0 fully saturated rings. The van der Waals surface area contributed by atoms with Crippen LogP contribution in [0.1, 0.15) is 13.3 Å². The summed E-state index contributed by atoms with van der Waals surface area (Å²) in [5.41, 5.74) is 1.02. The van der Waals surface area contributed by atoms with E-state index in [0.717, 1.165) is 16.7 Å². The molecular formula is C16H21N3O2. The lowest BCUT2D eigenvalue weighted by Gasteiger charge is -2.25. The lowest BCUT2D eigenvalue weighted by molar-refractivity contribution is 0.0666. The number of nitriles is 1. The summed E-state index contributed by atoms with van der Waals surface area (Å²) in [6.45, 7) is 2.68. The van der Waals surface area contributed by atoms with E-state index in [1.165, 1.54) is 0 Å². The Bertz CT molecular complexity index is 617. The number of benzene rings is 1. The van der Waals surface area contributed by atoms with Gasteiger partial charge in [0, 0.05) is 29.7 Å². The highest BCUT2D eigenvalue weighted by atomic mass is 16.5. The van der Waals surface area contributed by atoms with Gasteiger partial charge in [-0.2, -0.15) is 5.26 Å². The zero-order chi connectivity index (χ0) is 15.2. The molecule has 5 heteroatoms. The molecule has 0 aliphatic rings. The van der Waals surface area contributed by atoms with Gasteiger partial charge in [0.2, 0.25) is 0 Å². The van der Waals surface area contributed by atoms with Crippen LogP contribution in [-0.2, 0) is 0 Å². The van der Waals surface area contributed by atoms with Crippen LogP contribution < -0.4 is 4.74 Å². The summed E-state index contributed by atoms with van der Waals surface area (Å²) in [5.74, 6) is 0.764. The van der Waals surface area contributed by atoms with Gasteiger partial charge < -0.3 is 14.8 Å². The van der Waals surface area contributed by atoms with E-state index in [-0.39, 0.29) is 12.6 Å². The third kappa shape index (κ3) is 3.97. The summed E-state index contributed by atoms with van der Waals surface area (Å²) >= 11 is 0. The highest BCUT2D eigenvalue weighted by molar-refractivity contribution is 5.85. The first-order valence-electron chi connectivity index (χ1n) is 7.06. The van der Waals surface area contributed by atoms with E-state index in [0.29, 0.717) is 13.0 Å².